The van der Waals surface area contributed by atoms with Crippen molar-refractivity contribution in [1.29, 1.82) is 0 Å². The number of carbonyl (C=O) groups is 2. The number of halogens is 1. The van der Waals surface area contributed by atoms with E-state index in [-0.39, 0.29) is 22.9 Å². The minimum absolute atomic E-state index is 0.0605. The van der Waals surface area contributed by atoms with Crippen LogP contribution in [0, 0.1) is 10.1 Å². The van der Waals surface area contributed by atoms with Gasteiger partial charge in [-0.2, -0.15) is 0 Å². The number of carbonyl (C=O) groups excluding carboxylic acids is 2. The summed E-state index contributed by atoms with van der Waals surface area (Å²) in [6.07, 6.45) is 0. The Morgan fingerprint density at radius 1 is 0.964 bits per heavy atom. The maximum atomic E-state index is 12.2. The number of anilines is 1. The number of hydrogen-bond acceptors (Lipinski definition) is 5. The van der Waals surface area contributed by atoms with Crippen LogP contribution in [-0.2, 0) is 0 Å². The number of nitro groups is 1. The van der Waals surface area contributed by atoms with E-state index >= 15 is 0 Å². The zero-order chi connectivity index (χ0) is 20.1. The SMILES string of the molecule is O=C(Oc1ccc(NC(=O)c2ccccc2Cl)cc1)c1cccc([N+](=O)[O-])c1. The summed E-state index contributed by atoms with van der Waals surface area (Å²) >= 11 is 6.00. The van der Waals surface area contributed by atoms with Crippen LogP contribution in [0.4, 0.5) is 11.4 Å². The van der Waals surface area contributed by atoms with Crippen molar-refractivity contribution in [3.63, 3.8) is 0 Å². The first kappa shape index (κ1) is 19.1. The van der Waals surface area contributed by atoms with Crippen LogP contribution in [0.15, 0.2) is 72.8 Å². The van der Waals surface area contributed by atoms with Gasteiger partial charge in [0.2, 0.25) is 0 Å². The summed E-state index contributed by atoms with van der Waals surface area (Å²) in [5.74, 6) is -0.865. The van der Waals surface area contributed by atoms with Gasteiger partial charge in [-0.05, 0) is 42.5 Å². The molecule has 3 aromatic rings. The highest BCUT2D eigenvalue weighted by molar-refractivity contribution is 6.34. The van der Waals surface area contributed by atoms with Crippen LogP contribution < -0.4 is 10.1 Å². The molecule has 7 nitrogen and oxygen atoms in total. The van der Waals surface area contributed by atoms with Gasteiger partial charge >= 0.3 is 5.97 Å². The molecule has 1 N–H and O–H groups in total. The molecular formula is C20H13ClN2O5. The minimum atomic E-state index is -0.725. The topological polar surface area (TPSA) is 98.5 Å². The van der Waals surface area contributed by atoms with Crippen molar-refractivity contribution < 1.29 is 19.2 Å². The monoisotopic (exact) mass is 396 g/mol. The van der Waals surface area contributed by atoms with Gasteiger partial charge < -0.3 is 10.1 Å². The van der Waals surface area contributed by atoms with Crippen LogP contribution in [0.1, 0.15) is 20.7 Å². The second kappa shape index (κ2) is 8.32. The van der Waals surface area contributed by atoms with Crippen LogP contribution in [0.5, 0.6) is 5.75 Å². The first-order valence-corrected chi connectivity index (χ1v) is 8.44. The van der Waals surface area contributed by atoms with Gasteiger partial charge in [-0.3, -0.25) is 14.9 Å². The lowest BCUT2D eigenvalue weighted by molar-refractivity contribution is -0.384. The molecule has 1 amide bonds. The quantitative estimate of drug-likeness (QED) is 0.291. The Labute approximate surface area is 164 Å². The van der Waals surface area contributed by atoms with Crippen molar-refractivity contribution >= 4 is 34.9 Å². The fourth-order valence-electron chi connectivity index (χ4n) is 2.36. The molecule has 0 spiro atoms. The third-order valence-corrected chi connectivity index (χ3v) is 4.06. The standard InChI is InChI=1S/C20H13ClN2O5/c21-18-7-2-1-6-17(18)19(24)22-14-8-10-16(11-9-14)28-20(25)13-4-3-5-15(12-13)23(26)27/h1-12H,(H,22,24). The Morgan fingerprint density at radius 3 is 2.36 bits per heavy atom. The van der Waals surface area contributed by atoms with Crippen molar-refractivity contribution in [2.24, 2.45) is 0 Å². The molecule has 140 valence electrons. The van der Waals surface area contributed by atoms with Gasteiger partial charge in [-0.1, -0.05) is 29.8 Å². The summed E-state index contributed by atoms with van der Waals surface area (Å²) in [6.45, 7) is 0. The number of hydrogen-bond donors (Lipinski definition) is 1. The molecular weight excluding hydrogens is 384 g/mol. The first-order valence-electron chi connectivity index (χ1n) is 8.06. The van der Waals surface area contributed by atoms with Crippen LogP contribution in [0.25, 0.3) is 0 Å². The van der Waals surface area contributed by atoms with Gasteiger partial charge in [-0.25, -0.2) is 4.79 Å². The molecule has 3 rings (SSSR count). The molecule has 0 atom stereocenters. The molecule has 0 saturated heterocycles. The van der Waals surface area contributed by atoms with Crippen LogP contribution >= 0.6 is 11.6 Å². The molecule has 0 fully saturated rings. The largest absolute Gasteiger partial charge is 0.423 e. The Bertz CT molecular complexity index is 1050. The van der Waals surface area contributed by atoms with Crippen LogP contribution in [0.3, 0.4) is 0 Å². The number of nitrogens with one attached hydrogen (secondary N) is 1. The molecule has 8 heteroatoms. The molecule has 0 aliphatic heterocycles. The molecule has 0 aliphatic carbocycles. The second-order valence-corrected chi connectivity index (χ2v) is 6.06. The van der Waals surface area contributed by atoms with E-state index in [1.54, 1.807) is 36.4 Å². The fourth-order valence-corrected chi connectivity index (χ4v) is 2.58. The second-order valence-electron chi connectivity index (χ2n) is 5.66. The highest BCUT2D eigenvalue weighted by atomic mass is 35.5. The number of amides is 1. The molecule has 0 bridgehead atoms. The highest BCUT2D eigenvalue weighted by Gasteiger charge is 2.14. The van der Waals surface area contributed by atoms with Crippen molar-refractivity contribution in [2.75, 3.05) is 5.32 Å². The summed E-state index contributed by atoms with van der Waals surface area (Å²) in [5.41, 5.74) is 0.683. The van der Waals surface area contributed by atoms with Crippen molar-refractivity contribution in [1.82, 2.24) is 0 Å². The van der Waals surface area contributed by atoms with Gasteiger partial charge in [0, 0.05) is 17.8 Å². The number of nitrogens with zero attached hydrogens (tertiary/aromatic N) is 1. The number of esters is 1. The van der Waals surface area contributed by atoms with Gasteiger partial charge in [0.05, 0.1) is 21.1 Å². The molecule has 3 aromatic carbocycles. The predicted molar refractivity (Wildman–Crippen MR) is 104 cm³/mol. The Morgan fingerprint density at radius 2 is 1.68 bits per heavy atom. The van der Waals surface area contributed by atoms with Crippen LogP contribution in [0.2, 0.25) is 5.02 Å². The first-order chi connectivity index (χ1) is 13.4. The average Bonchev–Trinajstić information content (AvgIpc) is 2.69. The molecule has 0 aromatic heterocycles. The summed E-state index contributed by atoms with van der Waals surface area (Å²) in [4.78, 5) is 34.6. The summed E-state index contributed by atoms with van der Waals surface area (Å²) < 4.78 is 5.20. The van der Waals surface area contributed by atoms with Gasteiger partial charge in [0.25, 0.3) is 11.6 Å². The molecule has 0 heterocycles. The van der Waals surface area contributed by atoms with E-state index in [9.17, 15) is 19.7 Å². The third kappa shape index (κ3) is 4.52. The molecule has 0 aliphatic rings. The van der Waals surface area contributed by atoms with Gasteiger partial charge in [0.15, 0.2) is 0 Å². The normalized spacial score (nSPS) is 10.2. The van der Waals surface area contributed by atoms with E-state index in [1.807, 2.05) is 0 Å². The molecule has 0 saturated carbocycles. The maximum Gasteiger partial charge on any atom is 0.343 e. The van der Waals surface area contributed by atoms with E-state index in [0.717, 1.165) is 6.07 Å². The Balaban J connectivity index is 1.67. The van der Waals surface area contributed by atoms with Crippen molar-refractivity contribution in [3.05, 3.63) is 99.1 Å². The lowest BCUT2D eigenvalue weighted by Gasteiger charge is -2.08. The van der Waals surface area contributed by atoms with Gasteiger partial charge in [0.1, 0.15) is 5.75 Å². The highest BCUT2D eigenvalue weighted by Crippen LogP contribution is 2.21. The van der Waals surface area contributed by atoms with E-state index < -0.39 is 10.9 Å². The molecule has 0 unspecified atom stereocenters. The zero-order valence-corrected chi connectivity index (χ0v) is 15.1. The van der Waals surface area contributed by atoms with E-state index in [0.29, 0.717) is 16.3 Å². The van der Waals surface area contributed by atoms with Crippen molar-refractivity contribution in [3.8, 4) is 5.75 Å². The number of rotatable bonds is 5. The minimum Gasteiger partial charge on any atom is -0.423 e. The summed E-state index contributed by atoms with van der Waals surface area (Å²) in [7, 11) is 0. The molecule has 0 radical (unpaired) electrons. The fraction of sp³-hybridized carbons (Fsp3) is 0. The molecule has 28 heavy (non-hydrogen) atoms. The smallest absolute Gasteiger partial charge is 0.343 e. The summed E-state index contributed by atoms with van der Waals surface area (Å²) in [6, 6.07) is 18.0. The summed E-state index contributed by atoms with van der Waals surface area (Å²) in [5, 5.41) is 13.8. The number of nitro benzene ring substituents is 1. The Kier molecular flexibility index (Phi) is 5.67. The van der Waals surface area contributed by atoms with Crippen molar-refractivity contribution in [2.45, 2.75) is 0 Å². The predicted octanol–water partition coefficient (Wildman–Crippen LogP) is 4.72. The van der Waals surface area contributed by atoms with Crippen LogP contribution in [-0.4, -0.2) is 16.8 Å². The third-order valence-electron chi connectivity index (χ3n) is 3.73. The van der Waals surface area contributed by atoms with Gasteiger partial charge in [-0.15, -0.1) is 0 Å². The number of non-ortho nitro benzene ring substituents is 1. The average molecular weight is 397 g/mol. The van der Waals surface area contributed by atoms with E-state index in [1.165, 1.54) is 30.3 Å². The maximum absolute atomic E-state index is 12.2. The van der Waals surface area contributed by atoms with E-state index in [4.69, 9.17) is 16.3 Å². The van der Waals surface area contributed by atoms with E-state index in [2.05, 4.69) is 5.32 Å². The number of ether oxygens (including phenoxy) is 1. The zero-order valence-electron chi connectivity index (χ0n) is 14.3. The lowest BCUT2D eigenvalue weighted by atomic mass is 10.2. The Hall–Kier alpha value is -3.71. The number of benzene rings is 3. The lowest BCUT2D eigenvalue weighted by Crippen LogP contribution is -2.12.